The van der Waals surface area contributed by atoms with Crippen molar-refractivity contribution < 1.29 is 9.18 Å². The zero-order valence-electron chi connectivity index (χ0n) is 17.6. The largest absolute Gasteiger partial charge is 0.310 e. The number of likely N-dealkylation sites (tertiary alicyclic amines) is 1. The summed E-state index contributed by atoms with van der Waals surface area (Å²) >= 11 is 0. The Kier molecular flexibility index (Phi) is 5.65. The number of hydrogen-bond acceptors (Lipinski definition) is 5. The lowest BCUT2D eigenvalue weighted by Crippen LogP contribution is -2.35. The summed E-state index contributed by atoms with van der Waals surface area (Å²) in [6.07, 6.45) is 6.01. The summed E-state index contributed by atoms with van der Waals surface area (Å²) in [6.45, 7) is 4.81. The van der Waals surface area contributed by atoms with Gasteiger partial charge in [-0.25, -0.2) is 9.37 Å². The van der Waals surface area contributed by atoms with Gasteiger partial charge in [-0.2, -0.15) is 5.10 Å². The highest BCUT2D eigenvalue weighted by molar-refractivity contribution is 5.95. The third-order valence-electron chi connectivity index (χ3n) is 6.22. The molecule has 4 heterocycles. The zero-order chi connectivity index (χ0) is 21.2. The van der Waals surface area contributed by atoms with Crippen LogP contribution < -0.4 is 5.32 Å². The molecular formula is C23H27FN6O. The predicted octanol–water partition coefficient (Wildman–Crippen LogP) is 2.92. The Morgan fingerprint density at radius 1 is 1.03 bits per heavy atom. The van der Waals surface area contributed by atoms with E-state index in [2.05, 4.69) is 37.3 Å². The number of aromatic nitrogens is 3. The first-order valence-electron chi connectivity index (χ1n) is 10.9. The van der Waals surface area contributed by atoms with Crippen LogP contribution in [0.1, 0.15) is 18.5 Å². The number of hydrogen-bond donors (Lipinski definition) is 1. The van der Waals surface area contributed by atoms with Crippen molar-refractivity contribution in [3.8, 4) is 11.1 Å². The molecule has 31 heavy (non-hydrogen) atoms. The van der Waals surface area contributed by atoms with Gasteiger partial charge >= 0.3 is 0 Å². The molecule has 8 heteroatoms. The molecule has 162 valence electrons. The average Bonchev–Trinajstić information content (AvgIpc) is 3.43. The summed E-state index contributed by atoms with van der Waals surface area (Å²) < 4.78 is 14.8. The van der Waals surface area contributed by atoms with Crippen molar-refractivity contribution in [2.45, 2.75) is 25.9 Å². The molecule has 3 aromatic rings. The topological polar surface area (TPSA) is 66.3 Å². The second-order valence-electron chi connectivity index (χ2n) is 8.36. The molecule has 1 saturated heterocycles. The van der Waals surface area contributed by atoms with Crippen LogP contribution in [0.5, 0.6) is 0 Å². The lowest BCUT2D eigenvalue weighted by molar-refractivity contribution is -0.117. The summed E-state index contributed by atoms with van der Waals surface area (Å²) in [4.78, 5) is 21.1. The Morgan fingerprint density at radius 3 is 2.74 bits per heavy atom. The number of carbonyl (C=O) groups is 1. The first kappa shape index (κ1) is 20.1. The van der Waals surface area contributed by atoms with Gasteiger partial charge in [0.15, 0.2) is 0 Å². The van der Waals surface area contributed by atoms with Crippen molar-refractivity contribution in [2.75, 3.05) is 44.7 Å². The molecule has 1 aromatic carbocycles. The monoisotopic (exact) mass is 422 g/mol. The molecule has 1 fully saturated rings. The molecule has 0 saturated carbocycles. The molecule has 1 N–H and O–H groups in total. The summed E-state index contributed by atoms with van der Waals surface area (Å²) in [5.74, 6) is 0.545. The molecule has 0 atom stereocenters. The number of amides is 1. The first-order valence-corrected chi connectivity index (χ1v) is 10.9. The molecule has 2 aromatic heterocycles. The van der Waals surface area contributed by atoms with Crippen LogP contribution in [0.4, 0.5) is 10.2 Å². The van der Waals surface area contributed by atoms with Crippen molar-refractivity contribution in [1.29, 1.82) is 0 Å². The van der Waals surface area contributed by atoms with Crippen LogP contribution >= 0.6 is 0 Å². The van der Waals surface area contributed by atoms with Crippen LogP contribution in [0.15, 0.2) is 36.7 Å². The average molecular weight is 423 g/mol. The molecule has 0 radical (unpaired) electrons. The van der Waals surface area contributed by atoms with Crippen LogP contribution in [0, 0.1) is 0 Å². The van der Waals surface area contributed by atoms with E-state index >= 15 is 0 Å². The second-order valence-corrected chi connectivity index (χ2v) is 8.36. The fourth-order valence-electron chi connectivity index (χ4n) is 4.55. The highest BCUT2D eigenvalue weighted by Crippen LogP contribution is 2.30. The number of alkyl halides is 1. The van der Waals surface area contributed by atoms with Gasteiger partial charge in [-0.3, -0.25) is 19.3 Å². The van der Waals surface area contributed by atoms with Crippen LogP contribution in [0.3, 0.4) is 0 Å². The quantitative estimate of drug-likeness (QED) is 0.662. The van der Waals surface area contributed by atoms with Crippen LogP contribution in [0.2, 0.25) is 0 Å². The molecule has 0 spiro atoms. The maximum atomic E-state index is 12.8. The van der Waals surface area contributed by atoms with E-state index < -0.39 is 0 Å². The van der Waals surface area contributed by atoms with Crippen molar-refractivity contribution in [3.63, 3.8) is 0 Å². The summed E-state index contributed by atoms with van der Waals surface area (Å²) in [7, 11) is 0. The maximum absolute atomic E-state index is 12.8. The number of fused-ring (bicyclic) bond motifs is 2. The molecular weight excluding hydrogens is 395 g/mol. The molecule has 5 rings (SSSR count). The van der Waals surface area contributed by atoms with Crippen LogP contribution in [-0.4, -0.2) is 69.9 Å². The lowest BCUT2D eigenvalue weighted by Gasteiger charge is -2.27. The molecule has 7 nitrogen and oxygen atoms in total. The third kappa shape index (κ3) is 4.31. The lowest BCUT2D eigenvalue weighted by atomic mass is 10.0. The van der Waals surface area contributed by atoms with E-state index in [1.807, 2.05) is 23.0 Å². The van der Waals surface area contributed by atoms with Gasteiger partial charge in [0, 0.05) is 36.8 Å². The van der Waals surface area contributed by atoms with Gasteiger partial charge in [0.05, 0.1) is 25.0 Å². The van der Waals surface area contributed by atoms with Crippen molar-refractivity contribution in [2.24, 2.45) is 0 Å². The van der Waals surface area contributed by atoms with Gasteiger partial charge in [0.1, 0.15) is 12.5 Å². The highest BCUT2D eigenvalue weighted by atomic mass is 19.1. The fraction of sp³-hybridized carbons (Fsp3) is 0.435. The van der Waals surface area contributed by atoms with E-state index in [-0.39, 0.29) is 12.6 Å². The zero-order valence-corrected chi connectivity index (χ0v) is 17.6. The van der Waals surface area contributed by atoms with Gasteiger partial charge in [-0.05, 0) is 49.0 Å². The van der Waals surface area contributed by atoms with Gasteiger partial charge in [-0.15, -0.1) is 0 Å². The van der Waals surface area contributed by atoms with Crippen molar-refractivity contribution >= 4 is 22.5 Å². The van der Waals surface area contributed by atoms with E-state index in [1.165, 1.54) is 0 Å². The molecule has 0 aliphatic carbocycles. The Morgan fingerprint density at radius 2 is 1.90 bits per heavy atom. The maximum Gasteiger partial charge on any atom is 0.239 e. The van der Waals surface area contributed by atoms with E-state index in [9.17, 15) is 9.18 Å². The first-order chi connectivity index (χ1) is 15.2. The van der Waals surface area contributed by atoms with Gasteiger partial charge in [0.2, 0.25) is 5.91 Å². The van der Waals surface area contributed by atoms with Crippen LogP contribution in [-0.2, 0) is 17.9 Å². The number of rotatable bonds is 6. The number of nitrogens with zero attached hydrogens (tertiary/aromatic N) is 5. The van der Waals surface area contributed by atoms with Gasteiger partial charge in [-0.1, -0.05) is 12.1 Å². The SMILES string of the molecule is O=C(CN1CCCC1)Nc1cc2cc(-c3cnn4c3CN(CCF)CC4)ccc2cn1. The number of benzene rings is 1. The Labute approximate surface area is 180 Å². The van der Waals surface area contributed by atoms with E-state index in [0.717, 1.165) is 66.6 Å². The minimum absolute atomic E-state index is 0.0245. The second kappa shape index (κ2) is 8.72. The number of anilines is 1. The minimum atomic E-state index is -0.335. The third-order valence-corrected chi connectivity index (χ3v) is 6.22. The summed E-state index contributed by atoms with van der Waals surface area (Å²) in [5, 5.41) is 9.50. The summed E-state index contributed by atoms with van der Waals surface area (Å²) in [5.41, 5.74) is 3.26. The Bertz CT molecular complexity index is 1090. The summed E-state index contributed by atoms with van der Waals surface area (Å²) in [6, 6.07) is 8.15. The number of halogens is 1. The van der Waals surface area contributed by atoms with E-state index in [4.69, 9.17) is 0 Å². The Balaban J connectivity index is 1.37. The van der Waals surface area contributed by atoms with Gasteiger partial charge in [0.25, 0.3) is 0 Å². The van der Waals surface area contributed by atoms with E-state index in [1.54, 1.807) is 6.20 Å². The molecule has 1 amide bonds. The molecule has 2 aliphatic heterocycles. The number of pyridine rings is 1. The van der Waals surface area contributed by atoms with Crippen molar-refractivity contribution in [1.82, 2.24) is 24.6 Å². The normalized spacial score (nSPS) is 17.2. The smallest absolute Gasteiger partial charge is 0.239 e. The fourth-order valence-corrected chi connectivity index (χ4v) is 4.55. The number of carbonyl (C=O) groups excluding carboxylic acids is 1. The molecule has 0 bridgehead atoms. The number of nitrogens with one attached hydrogen (secondary N) is 1. The van der Waals surface area contributed by atoms with Gasteiger partial charge < -0.3 is 5.32 Å². The van der Waals surface area contributed by atoms with Crippen molar-refractivity contribution in [3.05, 3.63) is 42.4 Å². The van der Waals surface area contributed by atoms with E-state index in [0.29, 0.717) is 25.5 Å². The Hall–Kier alpha value is -2.84. The minimum Gasteiger partial charge on any atom is -0.310 e. The standard InChI is InChI=1S/C23H27FN6O/c24-5-8-29-9-10-30-21(15-29)20(14-26-30)17-3-4-18-13-25-22(12-19(18)11-17)27-23(31)16-28-6-1-2-7-28/h3-4,11-14H,1-2,5-10,15-16H2,(H,25,27,31). The predicted molar refractivity (Wildman–Crippen MR) is 119 cm³/mol. The van der Waals surface area contributed by atoms with Crippen LogP contribution in [0.25, 0.3) is 21.9 Å². The molecule has 0 unspecified atom stereocenters. The molecule has 2 aliphatic rings. The highest BCUT2D eigenvalue weighted by Gasteiger charge is 2.21.